The van der Waals surface area contributed by atoms with Crippen molar-refractivity contribution in [1.29, 1.82) is 0 Å². The molecule has 4 heterocycles. The van der Waals surface area contributed by atoms with Crippen molar-refractivity contribution in [3.8, 4) is 16.4 Å². The van der Waals surface area contributed by atoms with Gasteiger partial charge in [-0.1, -0.05) is 30.3 Å². The van der Waals surface area contributed by atoms with E-state index < -0.39 is 22.8 Å². The summed E-state index contributed by atoms with van der Waals surface area (Å²) >= 11 is 1.27. The Labute approximate surface area is 197 Å². The van der Waals surface area contributed by atoms with Gasteiger partial charge in [0.2, 0.25) is 5.43 Å². The van der Waals surface area contributed by atoms with Gasteiger partial charge in [0.15, 0.2) is 22.4 Å². The first kappa shape index (κ1) is 22.8. The molecular weight excluding hydrogens is 469 g/mol. The summed E-state index contributed by atoms with van der Waals surface area (Å²) in [5.74, 6) is -2.01. The third-order valence-corrected chi connectivity index (χ3v) is 6.28. The number of thiazole rings is 1. The van der Waals surface area contributed by atoms with Gasteiger partial charge in [0.05, 0.1) is 11.1 Å². The number of carbonyl (C=O) groups is 1. The van der Waals surface area contributed by atoms with Gasteiger partial charge in [-0.2, -0.15) is 0 Å². The number of carboxylic acids is 1. The summed E-state index contributed by atoms with van der Waals surface area (Å²) in [5.41, 5.74) is 6.42. The standard InChI is InChI=1S/C22H18FN5O3S.ClH/c23-16-8-14-18(29)15(21(30)31)10-28(19(14)26-20(16)27-7-6-13(24)9-27)22-25-17(11-32-22)12-4-2-1-3-5-12;/h1-5,8,10-11,13H,6-7,9,24H2,(H,30,31);1H. The fourth-order valence-corrected chi connectivity index (χ4v) is 4.64. The Bertz CT molecular complexity index is 1410. The molecule has 3 aromatic heterocycles. The molecule has 1 saturated heterocycles. The van der Waals surface area contributed by atoms with Crippen LogP contribution >= 0.6 is 23.7 Å². The average Bonchev–Trinajstić information content (AvgIpc) is 3.44. The topological polar surface area (TPSA) is 114 Å². The van der Waals surface area contributed by atoms with E-state index in [1.807, 2.05) is 35.7 Å². The lowest BCUT2D eigenvalue weighted by atomic mass is 10.2. The summed E-state index contributed by atoms with van der Waals surface area (Å²) in [7, 11) is 0. The zero-order valence-electron chi connectivity index (χ0n) is 17.1. The fourth-order valence-electron chi connectivity index (χ4n) is 3.83. The minimum Gasteiger partial charge on any atom is -0.477 e. The Morgan fingerprint density at radius 2 is 2.00 bits per heavy atom. The van der Waals surface area contributed by atoms with E-state index in [1.165, 1.54) is 22.1 Å². The average molecular weight is 488 g/mol. The van der Waals surface area contributed by atoms with E-state index >= 15 is 0 Å². The quantitative estimate of drug-likeness (QED) is 0.454. The molecule has 0 radical (unpaired) electrons. The second-order valence-electron chi connectivity index (χ2n) is 7.59. The molecule has 1 aliphatic rings. The lowest BCUT2D eigenvalue weighted by Gasteiger charge is -2.19. The summed E-state index contributed by atoms with van der Waals surface area (Å²) in [6.07, 6.45) is 1.90. The number of hydrogen-bond donors (Lipinski definition) is 2. The van der Waals surface area contributed by atoms with Gasteiger partial charge in [0, 0.05) is 36.3 Å². The van der Waals surface area contributed by atoms with Crippen LogP contribution in [0.15, 0.2) is 52.8 Å². The highest BCUT2D eigenvalue weighted by Crippen LogP contribution is 2.28. The molecule has 1 aromatic carbocycles. The first-order valence-electron chi connectivity index (χ1n) is 9.93. The number of benzene rings is 1. The van der Waals surface area contributed by atoms with Crippen molar-refractivity contribution >= 4 is 46.6 Å². The zero-order valence-corrected chi connectivity index (χ0v) is 18.8. The number of aromatic carboxylic acids is 1. The maximum atomic E-state index is 14.9. The van der Waals surface area contributed by atoms with Crippen molar-refractivity contribution in [3.05, 3.63) is 69.6 Å². The Morgan fingerprint density at radius 3 is 2.67 bits per heavy atom. The van der Waals surface area contributed by atoms with Gasteiger partial charge < -0.3 is 15.7 Å². The number of aromatic nitrogens is 3. The van der Waals surface area contributed by atoms with Gasteiger partial charge in [-0.05, 0) is 12.5 Å². The molecule has 0 saturated carbocycles. The molecule has 1 atom stereocenters. The lowest BCUT2D eigenvalue weighted by Crippen LogP contribution is -2.28. The molecular formula is C22H19ClFN5O3S. The van der Waals surface area contributed by atoms with Crippen molar-refractivity contribution in [2.24, 2.45) is 5.73 Å². The molecule has 1 aliphatic heterocycles. The minimum atomic E-state index is -1.40. The molecule has 1 unspecified atom stereocenters. The van der Waals surface area contributed by atoms with E-state index in [0.29, 0.717) is 30.3 Å². The van der Waals surface area contributed by atoms with E-state index in [4.69, 9.17) is 5.73 Å². The molecule has 0 bridgehead atoms. The van der Waals surface area contributed by atoms with Gasteiger partial charge in [-0.15, -0.1) is 23.7 Å². The Hall–Kier alpha value is -3.34. The van der Waals surface area contributed by atoms with Crippen molar-refractivity contribution < 1.29 is 14.3 Å². The number of pyridine rings is 2. The van der Waals surface area contributed by atoms with Crippen LogP contribution in [-0.4, -0.2) is 44.7 Å². The summed E-state index contributed by atoms with van der Waals surface area (Å²) in [6, 6.07) is 10.5. The number of nitrogens with zero attached hydrogens (tertiary/aromatic N) is 4. The van der Waals surface area contributed by atoms with Gasteiger partial charge in [0.1, 0.15) is 5.56 Å². The van der Waals surface area contributed by atoms with Crippen LogP contribution in [0.3, 0.4) is 0 Å². The third kappa shape index (κ3) is 4.08. The largest absolute Gasteiger partial charge is 0.477 e. The van der Waals surface area contributed by atoms with Crippen LogP contribution in [0.25, 0.3) is 27.4 Å². The molecule has 3 N–H and O–H groups in total. The maximum Gasteiger partial charge on any atom is 0.341 e. The highest BCUT2D eigenvalue weighted by molar-refractivity contribution is 7.12. The number of carboxylic acid groups (broad SMARTS) is 1. The maximum absolute atomic E-state index is 14.9. The van der Waals surface area contributed by atoms with Crippen LogP contribution in [0, 0.1) is 5.82 Å². The predicted octanol–water partition coefficient (Wildman–Crippen LogP) is 3.31. The van der Waals surface area contributed by atoms with Crippen LogP contribution < -0.4 is 16.1 Å². The second kappa shape index (κ2) is 8.89. The van der Waals surface area contributed by atoms with Crippen LogP contribution in [0.2, 0.25) is 0 Å². The van der Waals surface area contributed by atoms with Gasteiger partial charge >= 0.3 is 5.97 Å². The smallest absolute Gasteiger partial charge is 0.341 e. The molecule has 0 spiro atoms. The van der Waals surface area contributed by atoms with Crippen LogP contribution in [-0.2, 0) is 0 Å². The van der Waals surface area contributed by atoms with Crippen molar-refractivity contribution in [2.45, 2.75) is 12.5 Å². The molecule has 1 fully saturated rings. The van der Waals surface area contributed by atoms with E-state index in [9.17, 15) is 19.1 Å². The summed E-state index contributed by atoms with van der Waals surface area (Å²) in [4.78, 5) is 35.3. The predicted molar refractivity (Wildman–Crippen MR) is 127 cm³/mol. The van der Waals surface area contributed by atoms with E-state index in [1.54, 1.807) is 4.90 Å². The second-order valence-corrected chi connectivity index (χ2v) is 8.42. The van der Waals surface area contributed by atoms with Crippen LogP contribution in [0.4, 0.5) is 10.2 Å². The SMILES string of the molecule is Cl.NC1CCN(c2nc3c(cc2F)c(=O)c(C(=O)O)cn3-c2nc(-c3ccccc3)cs2)C1. The Morgan fingerprint density at radius 1 is 1.24 bits per heavy atom. The van der Waals surface area contributed by atoms with Crippen LogP contribution in [0.1, 0.15) is 16.8 Å². The number of anilines is 1. The Kier molecular flexibility index (Phi) is 6.15. The summed E-state index contributed by atoms with van der Waals surface area (Å²) in [6.45, 7) is 0.992. The number of nitrogens with two attached hydrogens (primary N) is 1. The molecule has 5 rings (SSSR count). The first-order chi connectivity index (χ1) is 15.4. The highest BCUT2D eigenvalue weighted by atomic mass is 35.5. The molecule has 4 aromatic rings. The first-order valence-corrected chi connectivity index (χ1v) is 10.8. The number of rotatable bonds is 4. The molecule has 0 amide bonds. The highest BCUT2D eigenvalue weighted by Gasteiger charge is 2.26. The number of hydrogen-bond acceptors (Lipinski definition) is 7. The summed E-state index contributed by atoms with van der Waals surface area (Å²) < 4.78 is 16.4. The molecule has 170 valence electrons. The van der Waals surface area contributed by atoms with Gasteiger partial charge in [0.25, 0.3) is 0 Å². The van der Waals surface area contributed by atoms with Gasteiger partial charge in [-0.3, -0.25) is 9.36 Å². The van der Waals surface area contributed by atoms with Crippen LogP contribution in [0.5, 0.6) is 0 Å². The molecule has 0 aliphatic carbocycles. The molecule has 33 heavy (non-hydrogen) atoms. The van der Waals surface area contributed by atoms with E-state index in [-0.39, 0.29) is 35.3 Å². The normalized spacial score (nSPS) is 15.6. The Balaban J connectivity index is 0.00000259. The lowest BCUT2D eigenvalue weighted by molar-refractivity contribution is 0.0695. The van der Waals surface area contributed by atoms with E-state index in [0.717, 1.165) is 11.6 Å². The van der Waals surface area contributed by atoms with Crippen molar-refractivity contribution in [2.75, 3.05) is 18.0 Å². The van der Waals surface area contributed by atoms with Gasteiger partial charge in [-0.25, -0.2) is 19.2 Å². The zero-order chi connectivity index (χ0) is 22.4. The monoisotopic (exact) mass is 487 g/mol. The fraction of sp³-hybridized carbons (Fsp3) is 0.182. The minimum absolute atomic E-state index is 0. The van der Waals surface area contributed by atoms with E-state index in [2.05, 4.69) is 9.97 Å². The summed E-state index contributed by atoms with van der Waals surface area (Å²) in [5, 5.41) is 11.7. The van der Waals surface area contributed by atoms with Crippen molar-refractivity contribution in [1.82, 2.24) is 14.5 Å². The molecule has 8 nitrogen and oxygen atoms in total. The van der Waals surface area contributed by atoms with Crippen molar-refractivity contribution in [3.63, 3.8) is 0 Å². The molecule has 11 heteroatoms. The number of fused-ring (bicyclic) bond motifs is 1. The number of halogens is 2. The third-order valence-electron chi connectivity index (χ3n) is 5.44.